The average molecular weight is 440 g/mol. The first kappa shape index (κ1) is 21.7. The van der Waals surface area contributed by atoms with Crippen LogP contribution in [0.2, 0.25) is 0 Å². The molecule has 2 aromatic carbocycles. The number of fused-ring (bicyclic) bond motifs is 1. The number of hydrogen-bond acceptors (Lipinski definition) is 8. The predicted octanol–water partition coefficient (Wildman–Crippen LogP) is 2.45. The Balaban J connectivity index is 1.75. The summed E-state index contributed by atoms with van der Waals surface area (Å²) in [5.74, 6) is -1.95. The van der Waals surface area contributed by atoms with Crippen LogP contribution in [-0.4, -0.2) is 51.7 Å². The average Bonchev–Trinajstić information content (AvgIpc) is 3.28. The van der Waals surface area contributed by atoms with Gasteiger partial charge in [0.05, 0.1) is 18.3 Å². The second-order valence-electron chi connectivity index (χ2n) is 8.56. The molecule has 0 aromatic heterocycles. The molecule has 0 saturated heterocycles. The van der Waals surface area contributed by atoms with Crippen molar-refractivity contribution < 1.29 is 39.1 Å². The van der Waals surface area contributed by atoms with E-state index in [1.165, 1.54) is 31.4 Å². The molecule has 4 rings (SSSR count). The summed E-state index contributed by atoms with van der Waals surface area (Å²) >= 11 is 0. The molecule has 168 valence electrons. The van der Waals surface area contributed by atoms with Crippen molar-refractivity contribution >= 4 is 17.5 Å². The predicted molar refractivity (Wildman–Crippen MR) is 113 cm³/mol. The van der Waals surface area contributed by atoms with E-state index in [4.69, 9.17) is 14.2 Å². The number of aromatic hydroxyl groups is 1. The van der Waals surface area contributed by atoms with Crippen molar-refractivity contribution in [1.29, 1.82) is 0 Å². The van der Waals surface area contributed by atoms with Gasteiger partial charge in [-0.1, -0.05) is 24.3 Å². The Kier molecular flexibility index (Phi) is 5.13. The highest BCUT2D eigenvalue weighted by atomic mass is 16.6. The largest absolute Gasteiger partial charge is 0.508 e. The van der Waals surface area contributed by atoms with Crippen molar-refractivity contribution in [2.24, 2.45) is 0 Å². The molecule has 2 aromatic rings. The molecule has 2 aliphatic heterocycles. The summed E-state index contributed by atoms with van der Waals surface area (Å²) in [4.78, 5) is 25.3. The topological polar surface area (TPSA) is 123 Å². The van der Waals surface area contributed by atoms with Crippen LogP contribution >= 0.6 is 0 Å². The molecular formula is C24H24O8. The number of benzene rings is 2. The maximum atomic E-state index is 12.9. The highest BCUT2D eigenvalue weighted by Crippen LogP contribution is 2.43. The van der Waals surface area contributed by atoms with E-state index >= 15 is 0 Å². The summed E-state index contributed by atoms with van der Waals surface area (Å²) in [6.45, 7) is 3.35. The summed E-state index contributed by atoms with van der Waals surface area (Å²) in [6.07, 6.45) is -0.0291. The lowest BCUT2D eigenvalue weighted by atomic mass is 9.83. The molecule has 32 heavy (non-hydrogen) atoms. The van der Waals surface area contributed by atoms with Crippen LogP contribution < -0.4 is 4.74 Å². The molecule has 2 aliphatic rings. The van der Waals surface area contributed by atoms with Crippen molar-refractivity contribution in [3.63, 3.8) is 0 Å². The van der Waals surface area contributed by atoms with Gasteiger partial charge >= 0.3 is 11.9 Å². The molecule has 8 heteroatoms. The lowest BCUT2D eigenvalue weighted by Gasteiger charge is -2.28. The van der Waals surface area contributed by atoms with Gasteiger partial charge in [0.15, 0.2) is 0 Å². The molecule has 0 bridgehead atoms. The fourth-order valence-corrected chi connectivity index (χ4v) is 4.15. The number of methoxy groups -OCH3 is 1. The Morgan fingerprint density at radius 1 is 1.19 bits per heavy atom. The standard InChI is InChI=1S/C24H24O8/c1-23(2,29)18-11-15-10-13(4-9-17(15)31-18)12-24(22(28)30-3)19(20(26)21(27)32-24)14-5-7-16(25)8-6-14/h4-10,18,25-26,29H,11-12H2,1-3H3. The lowest BCUT2D eigenvalue weighted by molar-refractivity contribution is -0.169. The zero-order valence-electron chi connectivity index (χ0n) is 17.9. The highest BCUT2D eigenvalue weighted by Gasteiger charge is 2.55. The van der Waals surface area contributed by atoms with Crippen molar-refractivity contribution in [3.8, 4) is 11.5 Å². The fourth-order valence-electron chi connectivity index (χ4n) is 4.15. The molecule has 0 saturated carbocycles. The summed E-state index contributed by atoms with van der Waals surface area (Å²) < 4.78 is 16.2. The number of carbonyl (C=O) groups excluding carboxylic acids is 2. The van der Waals surface area contributed by atoms with Gasteiger partial charge in [0.1, 0.15) is 17.6 Å². The van der Waals surface area contributed by atoms with E-state index in [-0.39, 0.29) is 17.7 Å². The minimum atomic E-state index is -1.91. The van der Waals surface area contributed by atoms with Gasteiger partial charge in [0, 0.05) is 12.8 Å². The fraction of sp³-hybridized carbons (Fsp3) is 0.333. The molecule has 2 heterocycles. The van der Waals surface area contributed by atoms with Crippen LogP contribution in [0.25, 0.3) is 5.57 Å². The number of ether oxygens (including phenoxy) is 3. The van der Waals surface area contributed by atoms with Gasteiger partial charge in [0.25, 0.3) is 0 Å². The zero-order chi connectivity index (χ0) is 23.3. The van der Waals surface area contributed by atoms with Crippen LogP contribution in [0.3, 0.4) is 0 Å². The second kappa shape index (κ2) is 7.56. The van der Waals surface area contributed by atoms with E-state index in [2.05, 4.69) is 0 Å². The van der Waals surface area contributed by atoms with Crippen molar-refractivity contribution in [1.82, 2.24) is 0 Å². The van der Waals surface area contributed by atoms with E-state index in [1.807, 2.05) is 6.07 Å². The van der Waals surface area contributed by atoms with Crippen molar-refractivity contribution in [2.45, 2.75) is 44.0 Å². The SMILES string of the molecule is COC(=O)C1(Cc2ccc3c(c2)CC(C(C)(C)O)O3)OC(=O)C(O)=C1c1ccc(O)cc1. The third-order valence-electron chi connectivity index (χ3n) is 5.81. The van der Waals surface area contributed by atoms with Gasteiger partial charge < -0.3 is 29.5 Å². The van der Waals surface area contributed by atoms with Crippen LogP contribution in [0.1, 0.15) is 30.5 Å². The minimum Gasteiger partial charge on any atom is -0.508 e. The molecule has 0 amide bonds. The molecule has 0 fully saturated rings. The Labute approximate surface area is 184 Å². The monoisotopic (exact) mass is 440 g/mol. The number of carbonyl (C=O) groups is 2. The van der Waals surface area contributed by atoms with E-state index in [0.29, 0.717) is 23.3 Å². The first-order valence-electron chi connectivity index (χ1n) is 10.1. The number of rotatable bonds is 5. The number of hydrogen-bond donors (Lipinski definition) is 3. The molecule has 8 nitrogen and oxygen atoms in total. The molecule has 3 N–H and O–H groups in total. The third kappa shape index (κ3) is 3.56. The zero-order valence-corrected chi connectivity index (χ0v) is 17.9. The summed E-state index contributed by atoms with van der Waals surface area (Å²) in [6, 6.07) is 11.0. The Bertz CT molecular complexity index is 1110. The third-order valence-corrected chi connectivity index (χ3v) is 5.81. The summed E-state index contributed by atoms with van der Waals surface area (Å²) in [5.41, 5.74) is -1.14. The van der Waals surface area contributed by atoms with Gasteiger partial charge in [-0.2, -0.15) is 0 Å². The smallest absolute Gasteiger partial charge is 0.375 e. The maximum absolute atomic E-state index is 12.9. The normalized spacial score (nSPS) is 22.4. The van der Waals surface area contributed by atoms with Crippen LogP contribution in [0.5, 0.6) is 11.5 Å². The van der Waals surface area contributed by atoms with Gasteiger partial charge in [-0.15, -0.1) is 0 Å². The van der Waals surface area contributed by atoms with Gasteiger partial charge in [-0.05, 0) is 48.7 Å². The van der Waals surface area contributed by atoms with Gasteiger partial charge in [-0.25, -0.2) is 9.59 Å². The molecule has 0 spiro atoms. The number of cyclic esters (lactones) is 1. The summed E-state index contributed by atoms with van der Waals surface area (Å²) in [5, 5.41) is 30.4. The molecule has 0 aliphatic carbocycles. The van der Waals surface area contributed by atoms with E-state index in [0.717, 1.165) is 5.56 Å². The van der Waals surface area contributed by atoms with E-state index in [9.17, 15) is 24.9 Å². The van der Waals surface area contributed by atoms with E-state index < -0.39 is 35.0 Å². The maximum Gasteiger partial charge on any atom is 0.375 e. The van der Waals surface area contributed by atoms with Crippen molar-refractivity contribution in [2.75, 3.05) is 7.11 Å². The molecule has 2 unspecified atom stereocenters. The first-order valence-corrected chi connectivity index (χ1v) is 10.1. The number of phenolic OH excluding ortho intramolecular Hbond substituents is 1. The number of aliphatic hydroxyl groups excluding tert-OH is 1. The lowest BCUT2D eigenvalue weighted by Crippen LogP contribution is -2.44. The number of esters is 2. The quantitative estimate of drug-likeness (QED) is 0.606. The number of aliphatic hydroxyl groups is 2. The van der Waals surface area contributed by atoms with Crippen LogP contribution in [0.15, 0.2) is 48.2 Å². The van der Waals surface area contributed by atoms with Crippen molar-refractivity contribution in [3.05, 3.63) is 64.9 Å². The van der Waals surface area contributed by atoms with Crippen LogP contribution in [0, 0.1) is 0 Å². The Hall–Kier alpha value is -3.52. The Morgan fingerprint density at radius 2 is 1.88 bits per heavy atom. The second-order valence-corrected chi connectivity index (χ2v) is 8.56. The van der Waals surface area contributed by atoms with Crippen LogP contribution in [0.4, 0.5) is 0 Å². The molecular weight excluding hydrogens is 416 g/mol. The van der Waals surface area contributed by atoms with E-state index in [1.54, 1.807) is 26.0 Å². The number of phenols is 1. The highest BCUT2D eigenvalue weighted by molar-refractivity contribution is 6.11. The molecule has 0 radical (unpaired) electrons. The summed E-state index contributed by atoms with van der Waals surface area (Å²) in [7, 11) is 1.17. The minimum absolute atomic E-state index is 0.0114. The van der Waals surface area contributed by atoms with Gasteiger partial charge in [0.2, 0.25) is 11.4 Å². The van der Waals surface area contributed by atoms with Crippen LogP contribution in [-0.2, 0) is 31.9 Å². The Morgan fingerprint density at radius 3 is 2.50 bits per heavy atom. The van der Waals surface area contributed by atoms with Gasteiger partial charge in [-0.3, -0.25) is 0 Å². The first-order chi connectivity index (χ1) is 15.0. The molecule has 2 atom stereocenters.